The highest BCUT2D eigenvalue weighted by Gasteiger charge is 2.17. The van der Waals surface area contributed by atoms with Crippen molar-refractivity contribution < 1.29 is 14.6 Å². The number of ether oxygens (including phenoxy) is 1. The zero-order valence-corrected chi connectivity index (χ0v) is 16.0. The molecule has 0 saturated heterocycles. The summed E-state index contributed by atoms with van der Waals surface area (Å²) in [6.07, 6.45) is 1.48. The number of aliphatic hydroxyl groups excluding tert-OH is 1. The van der Waals surface area contributed by atoms with Gasteiger partial charge < -0.3 is 14.7 Å². The molecule has 0 radical (unpaired) electrons. The summed E-state index contributed by atoms with van der Waals surface area (Å²) in [6.45, 7) is 0.931. The van der Waals surface area contributed by atoms with Crippen molar-refractivity contribution in [3.63, 3.8) is 0 Å². The molecule has 0 aliphatic carbocycles. The molecule has 28 heavy (non-hydrogen) atoms. The van der Waals surface area contributed by atoms with E-state index >= 15 is 0 Å². The fourth-order valence-corrected chi connectivity index (χ4v) is 2.85. The van der Waals surface area contributed by atoms with Crippen LogP contribution in [0.3, 0.4) is 0 Å². The van der Waals surface area contributed by atoms with Gasteiger partial charge in [-0.1, -0.05) is 47.7 Å². The lowest BCUT2D eigenvalue weighted by Crippen LogP contribution is -2.29. The number of amides is 1. The molecule has 0 unspecified atom stereocenters. The third kappa shape index (κ3) is 4.95. The molecule has 1 atom stereocenters. The van der Waals surface area contributed by atoms with Gasteiger partial charge in [0.2, 0.25) is 0 Å². The zero-order chi connectivity index (χ0) is 19.9. The van der Waals surface area contributed by atoms with E-state index in [0.717, 1.165) is 16.9 Å². The van der Waals surface area contributed by atoms with Crippen LogP contribution in [0.1, 0.15) is 34.1 Å². The van der Waals surface area contributed by atoms with Gasteiger partial charge in [-0.2, -0.15) is 0 Å². The van der Waals surface area contributed by atoms with E-state index in [1.807, 2.05) is 54.6 Å². The van der Waals surface area contributed by atoms with Gasteiger partial charge in [0.1, 0.15) is 5.75 Å². The first kappa shape index (κ1) is 19.6. The van der Waals surface area contributed by atoms with Crippen LogP contribution >= 0.6 is 0 Å². The summed E-state index contributed by atoms with van der Waals surface area (Å²) in [7, 11) is 3.32. The van der Waals surface area contributed by atoms with Crippen LogP contribution in [0.5, 0.6) is 5.75 Å². The van der Waals surface area contributed by atoms with Crippen molar-refractivity contribution >= 4 is 5.91 Å². The molecule has 3 aromatic rings. The summed E-state index contributed by atoms with van der Waals surface area (Å²) in [6, 6.07) is 17.1. The summed E-state index contributed by atoms with van der Waals surface area (Å²) < 4.78 is 6.77. The van der Waals surface area contributed by atoms with Crippen LogP contribution in [-0.4, -0.2) is 51.6 Å². The van der Waals surface area contributed by atoms with Crippen molar-refractivity contribution in [2.45, 2.75) is 19.1 Å². The molecule has 1 heterocycles. The molecule has 0 aliphatic rings. The topological polar surface area (TPSA) is 80.5 Å². The maximum absolute atomic E-state index is 12.6. The van der Waals surface area contributed by atoms with Crippen molar-refractivity contribution in [1.82, 2.24) is 19.9 Å². The minimum absolute atomic E-state index is 0.221. The highest BCUT2D eigenvalue weighted by Crippen LogP contribution is 2.16. The molecule has 0 saturated carbocycles. The van der Waals surface area contributed by atoms with Crippen LogP contribution in [0.2, 0.25) is 0 Å². The van der Waals surface area contributed by atoms with Gasteiger partial charge in [-0.3, -0.25) is 4.79 Å². The van der Waals surface area contributed by atoms with E-state index < -0.39 is 6.10 Å². The lowest BCUT2D eigenvalue weighted by atomic mass is 10.1. The van der Waals surface area contributed by atoms with Crippen LogP contribution in [0.4, 0.5) is 0 Å². The number of rotatable bonds is 8. The van der Waals surface area contributed by atoms with Crippen LogP contribution < -0.4 is 4.74 Å². The highest BCUT2D eigenvalue weighted by molar-refractivity contribution is 5.91. The number of carbonyl (C=O) groups is 1. The summed E-state index contributed by atoms with van der Waals surface area (Å²) in [4.78, 5) is 14.1. The number of carbonyl (C=O) groups excluding carboxylic acids is 1. The average molecular weight is 380 g/mol. The Morgan fingerprint density at radius 1 is 1.18 bits per heavy atom. The quantitative estimate of drug-likeness (QED) is 0.650. The molecule has 0 aliphatic heterocycles. The Balaban J connectivity index is 1.55. The molecule has 7 heteroatoms. The van der Waals surface area contributed by atoms with Gasteiger partial charge in [-0.15, -0.1) is 5.10 Å². The maximum Gasteiger partial charge on any atom is 0.275 e. The SMILES string of the molecule is COc1ccc(Cn2cc(C(=O)N(C)CC[C@@H](O)c3ccccc3)nn2)cc1. The standard InChI is InChI=1S/C21H24N4O3/c1-24(13-12-20(26)17-6-4-3-5-7-17)21(27)19-15-25(23-22-19)14-16-8-10-18(28-2)11-9-16/h3-11,15,20,26H,12-14H2,1-2H3/t20-/m1/s1. The molecule has 146 valence electrons. The number of nitrogens with zero attached hydrogens (tertiary/aromatic N) is 4. The third-order valence-electron chi connectivity index (χ3n) is 4.53. The summed E-state index contributed by atoms with van der Waals surface area (Å²) in [5.41, 5.74) is 2.16. The van der Waals surface area contributed by atoms with E-state index in [1.54, 1.807) is 29.9 Å². The molecule has 7 nitrogen and oxygen atoms in total. The summed E-state index contributed by atoms with van der Waals surface area (Å²) in [5.74, 6) is 0.568. The Bertz CT molecular complexity index is 894. The van der Waals surface area contributed by atoms with E-state index in [-0.39, 0.29) is 11.6 Å². The first-order valence-corrected chi connectivity index (χ1v) is 9.08. The minimum Gasteiger partial charge on any atom is -0.497 e. The number of aromatic nitrogens is 3. The molecular weight excluding hydrogens is 356 g/mol. The van der Waals surface area contributed by atoms with Crippen molar-refractivity contribution in [2.75, 3.05) is 20.7 Å². The van der Waals surface area contributed by atoms with Gasteiger partial charge in [-0.05, 0) is 29.7 Å². The number of aliphatic hydroxyl groups is 1. The summed E-state index contributed by atoms with van der Waals surface area (Å²) >= 11 is 0. The molecule has 3 rings (SSSR count). The second kappa shape index (κ2) is 9.14. The van der Waals surface area contributed by atoms with E-state index in [2.05, 4.69) is 10.3 Å². The normalized spacial score (nSPS) is 11.8. The molecule has 0 bridgehead atoms. The van der Waals surface area contributed by atoms with Gasteiger partial charge in [0.05, 0.1) is 26.0 Å². The molecular formula is C21H24N4O3. The molecule has 1 N–H and O–H groups in total. The Hall–Kier alpha value is -3.19. The average Bonchev–Trinajstić information content (AvgIpc) is 3.20. The predicted octanol–water partition coefficient (Wildman–Crippen LogP) is 2.53. The van der Waals surface area contributed by atoms with Crippen molar-refractivity contribution in [3.8, 4) is 5.75 Å². The van der Waals surface area contributed by atoms with Crippen LogP contribution in [0, 0.1) is 0 Å². The highest BCUT2D eigenvalue weighted by atomic mass is 16.5. The van der Waals surface area contributed by atoms with Crippen LogP contribution in [-0.2, 0) is 6.54 Å². The van der Waals surface area contributed by atoms with E-state index in [0.29, 0.717) is 19.5 Å². The van der Waals surface area contributed by atoms with Crippen molar-refractivity contribution in [3.05, 3.63) is 77.6 Å². The largest absolute Gasteiger partial charge is 0.497 e. The molecule has 0 spiro atoms. The second-order valence-electron chi connectivity index (χ2n) is 6.59. The number of methoxy groups -OCH3 is 1. The predicted molar refractivity (Wildman–Crippen MR) is 105 cm³/mol. The van der Waals surface area contributed by atoms with Gasteiger partial charge >= 0.3 is 0 Å². The third-order valence-corrected chi connectivity index (χ3v) is 4.53. The monoisotopic (exact) mass is 380 g/mol. The number of hydrogen-bond donors (Lipinski definition) is 1. The number of hydrogen-bond acceptors (Lipinski definition) is 5. The van der Waals surface area contributed by atoms with Gasteiger partial charge in [0.25, 0.3) is 5.91 Å². The zero-order valence-electron chi connectivity index (χ0n) is 16.0. The first-order valence-electron chi connectivity index (χ1n) is 9.08. The minimum atomic E-state index is -0.609. The Labute approximate surface area is 164 Å². The fraction of sp³-hybridized carbons (Fsp3) is 0.286. The van der Waals surface area contributed by atoms with E-state index in [1.165, 1.54) is 0 Å². The lowest BCUT2D eigenvalue weighted by Gasteiger charge is -2.18. The van der Waals surface area contributed by atoms with Gasteiger partial charge in [0, 0.05) is 13.6 Å². The smallest absolute Gasteiger partial charge is 0.275 e. The number of benzene rings is 2. The van der Waals surface area contributed by atoms with Crippen molar-refractivity contribution in [1.29, 1.82) is 0 Å². The Kier molecular flexibility index (Phi) is 6.39. The van der Waals surface area contributed by atoms with Crippen LogP contribution in [0.15, 0.2) is 60.8 Å². The second-order valence-corrected chi connectivity index (χ2v) is 6.59. The molecule has 0 fully saturated rings. The molecule has 1 aromatic heterocycles. The maximum atomic E-state index is 12.6. The fourth-order valence-electron chi connectivity index (χ4n) is 2.85. The molecule has 1 amide bonds. The van der Waals surface area contributed by atoms with E-state index in [9.17, 15) is 9.90 Å². The van der Waals surface area contributed by atoms with Crippen LogP contribution in [0.25, 0.3) is 0 Å². The Morgan fingerprint density at radius 2 is 1.89 bits per heavy atom. The van der Waals surface area contributed by atoms with Gasteiger partial charge in [0.15, 0.2) is 5.69 Å². The molecule has 2 aromatic carbocycles. The Morgan fingerprint density at radius 3 is 2.57 bits per heavy atom. The van der Waals surface area contributed by atoms with Gasteiger partial charge in [-0.25, -0.2) is 4.68 Å². The summed E-state index contributed by atoms with van der Waals surface area (Å²) in [5, 5.41) is 18.3. The van der Waals surface area contributed by atoms with E-state index in [4.69, 9.17) is 4.74 Å². The first-order chi connectivity index (χ1) is 13.6. The van der Waals surface area contributed by atoms with Crippen molar-refractivity contribution in [2.24, 2.45) is 0 Å². The lowest BCUT2D eigenvalue weighted by molar-refractivity contribution is 0.0755.